The number of allylic oxidation sites excluding steroid dienone is 2. The van der Waals surface area contributed by atoms with Crippen molar-refractivity contribution in [3.05, 3.63) is 11.8 Å². The fraction of sp³-hybridized carbons (Fsp3) is 0.824. The van der Waals surface area contributed by atoms with Crippen LogP contribution in [0, 0.1) is 5.92 Å². The van der Waals surface area contributed by atoms with E-state index in [1.807, 2.05) is 0 Å². The minimum Gasteiger partial charge on any atom is -0.328 e. The number of nitrogens with zero attached hydrogens (tertiary/aromatic N) is 2. The molecule has 0 radical (unpaired) electrons. The van der Waals surface area contributed by atoms with Crippen molar-refractivity contribution >= 4 is 5.91 Å². The fourth-order valence-corrected chi connectivity index (χ4v) is 3.67. The Kier molecular flexibility index (Phi) is 4.65. The quantitative estimate of drug-likeness (QED) is 0.844. The minimum atomic E-state index is 0.241. The topological polar surface area (TPSA) is 49.6 Å². The number of likely N-dealkylation sites (tertiary alicyclic amines) is 1. The molecule has 1 amide bonds. The van der Waals surface area contributed by atoms with Crippen LogP contribution in [-0.4, -0.2) is 47.4 Å². The van der Waals surface area contributed by atoms with E-state index in [2.05, 4.69) is 22.8 Å². The third kappa shape index (κ3) is 3.67. The first-order valence-corrected chi connectivity index (χ1v) is 8.64. The summed E-state index contributed by atoms with van der Waals surface area (Å²) >= 11 is 0. The molecule has 0 aromatic rings. The van der Waals surface area contributed by atoms with Crippen molar-refractivity contribution in [3.8, 4) is 0 Å². The smallest absolute Gasteiger partial charge is 0.241 e. The highest BCUT2D eigenvalue weighted by Gasteiger charge is 2.36. The second-order valence-corrected chi connectivity index (χ2v) is 7.08. The van der Waals surface area contributed by atoms with Crippen LogP contribution in [0.15, 0.2) is 11.8 Å². The maximum atomic E-state index is 12.8. The largest absolute Gasteiger partial charge is 0.328 e. The average Bonchev–Trinajstić information content (AvgIpc) is 3.18. The van der Waals surface area contributed by atoms with Crippen LogP contribution in [-0.2, 0) is 4.79 Å². The predicted molar refractivity (Wildman–Crippen MR) is 84.6 cm³/mol. The molecule has 0 spiro atoms. The molecule has 0 aromatic carbocycles. The molecule has 1 saturated heterocycles. The minimum absolute atomic E-state index is 0.241. The van der Waals surface area contributed by atoms with Crippen LogP contribution in [0.1, 0.15) is 51.9 Å². The van der Waals surface area contributed by atoms with Crippen molar-refractivity contribution in [3.63, 3.8) is 0 Å². The highest BCUT2D eigenvalue weighted by molar-refractivity contribution is 5.81. The number of carbonyl (C=O) groups excluding carboxylic acids is 1. The molecule has 1 aliphatic heterocycles. The third-order valence-corrected chi connectivity index (χ3v) is 5.17. The molecule has 4 nitrogen and oxygen atoms in total. The summed E-state index contributed by atoms with van der Waals surface area (Å²) in [7, 11) is 0. The van der Waals surface area contributed by atoms with Gasteiger partial charge in [-0.3, -0.25) is 9.69 Å². The van der Waals surface area contributed by atoms with Gasteiger partial charge in [0.1, 0.15) is 0 Å². The van der Waals surface area contributed by atoms with E-state index >= 15 is 0 Å². The van der Waals surface area contributed by atoms with Gasteiger partial charge in [0.25, 0.3) is 0 Å². The molecule has 1 saturated carbocycles. The Hall–Kier alpha value is -0.870. The molecule has 118 valence electrons. The standard InChI is InChI=1S/C17H29N3O/c1-13(18)14-9-10-19(11-14)12-17(21)20(16-7-8-16)15-5-3-2-4-6-15/h5,13-14,16H,2-4,6-12,18H2,1H3. The summed E-state index contributed by atoms with van der Waals surface area (Å²) in [5.41, 5.74) is 7.30. The molecule has 0 aromatic heterocycles. The van der Waals surface area contributed by atoms with Gasteiger partial charge in [-0.1, -0.05) is 6.08 Å². The Labute approximate surface area is 128 Å². The highest BCUT2D eigenvalue weighted by Crippen LogP contribution is 2.34. The zero-order valence-electron chi connectivity index (χ0n) is 13.3. The second kappa shape index (κ2) is 6.49. The van der Waals surface area contributed by atoms with Crippen LogP contribution in [0.4, 0.5) is 0 Å². The Bertz CT molecular complexity index is 414. The van der Waals surface area contributed by atoms with Crippen LogP contribution in [0.3, 0.4) is 0 Å². The molecule has 2 atom stereocenters. The molecule has 2 N–H and O–H groups in total. The number of rotatable bonds is 5. The molecule has 2 fully saturated rings. The molecule has 0 bridgehead atoms. The highest BCUT2D eigenvalue weighted by atomic mass is 16.2. The van der Waals surface area contributed by atoms with E-state index in [0.29, 0.717) is 24.4 Å². The Morgan fingerprint density at radius 2 is 2.24 bits per heavy atom. The lowest BCUT2D eigenvalue weighted by Gasteiger charge is -2.29. The maximum absolute atomic E-state index is 12.8. The van der Waals surface area contributed by atoms with Crippen LogP contribution in [0.2, 0.25) is 0 Å². The first-order chi connectivity index (χ1) is 10.1. The molecule has 3 aliphatic rings. The SMILES string of the molecule is CC(N)C1CCN(CC(=O)N(C2=CCCCC2)C2CC2)C1. The zero-order valence-corrected chi connectivity index (χ0v) is 13.3. The summed E-state index contributed by atoms with van der Waals surface area (Å²) < 4.78 is 0. The Balaban J connectivity index is 1.59. The molecule has 2 unspecified atom stereocenters. The van der Waals surface area contributed by atoms with Crippen molar-refractivity contribution in [2.45, 2.75) is 64.0 Å². The van der Waals surface area contributed by atoms with Gasteiger partial charge < -0.3 is 10.6 Å². The normalized spacial score (nSPS) is 28.3. The van der Waals surface area contributed by atoms with E-state index in [-0.39, 0.29) is 6.04 Å². The van der Waals surface area contributed by atoms with E-state index in [0.717, 1.165) is 32.4 Å². The van der Waals surface area contributed by atoms with Crippen molar-refractivity contribution in [2.75, 3.05) is 19.6 Å². The Morgan fingerprint density at radius 3 is 2.81 bits per heavy atom. The van der Waals surface area contributed by atoms with Gasteiger partial charge in [-0.2, -0.15) is 0 Å². The van der Waals surface area contributed by atoms with Crippen LogP contribution in [0.5, 0.6) is 0 Å². The van der Waals surface area contributed by atoms with Crippen LogP contribution < -0.4 is 5.73 Å². The first kappa shape index (κ1) is 15.0. The number of hydrogen-bond donors (Lipinski definition) is 1. The lowest BCUT2D eigenvalue weighted by molar-refractivity contribution is -0.131. The summed E-state index contributed by atoms with van der Waals surface area (Å²) in [4.78, 5) is 17.2. The lowest BCUT2D eigenvalue weighted by Crippen LogP contribution is -2.41. The second-order valence-electron chi connectivity index (χ2n) is 7.08. The molecular formula is C17H29N3O. The first-order valence-electron chi connectivity index (χ1n) is 8.64. The van der Waals surface area contributed by atoms with Crippen molar-refractivity contribution in [2.24, 2.45) is 11.7 Å². The van der Waals surface area contributed by atoms with Crippen molar-refractivity contribution in [1.29, 1.82) is 0 Å². The lowest BCUT2D eigenvalue weighted by atomic mass is 10.0. The summed E-state index contributed by atoms with van der Waals surface area (Å²) in [6, 6.07) is 0.736. The maximum Gasteiger partial charge on any atom is 0.241 e. The van der Waals surface area contributed by atoms with Gasteiger partial charge in [0.05, 0.1) is 6.54 Å². The molecule has 3 rings (SSSR count). The monoisotopic (exact) mass is 291 g/mol. The molecule has 4 heteroatoms. The number of hydrogen-bond acceptors (Lipinski definition) is 3. The van der Waals surface area contributed by atoms with Gasteiger partial charge in [0.15, 0.2) is 0 Å². The Morgan fingerprint density at radius 1 is 1.43 bits per heavy atom. The van der Waals surface area contributed by atoms with E-state index in [4.69, 9.17) is 5.73 Å². The molecule has 1 heterocycles. The summed E-state index contributed by atoms with van der Waals surface area (Å²) in [6.07, 6.45) is 10.5. The number of amides is 1. The van der Waals surface area contributed by atoms with Crippen molar-refractivity contribution in [1.82, 2.24) is 9.80 Å². The fourth-order valence-electron chi connectivity index (χ4n) is 3.67. The summed E-state index contributed by atoms with van der Waals surface area (Å²) in [5, 5.41) is 0. The number of nitrogens with two attached hydrogens (primary N) is 1. The van der Waals surface area contributed by atoms with Gasteiger partial charge in [-0.15, -0.1) is 0 Å². The van der Waals surface area contributed by atoms with Crippen molar-refractivity contribution < 1.29 is 4.79 Å². The summed E-state index contributed by atoms with van der Waals surface area (Å²) in [5.74, 6) is 0.872. The molecule has 21 heavy (non-hydrogen) atoms. The number of carbonyl (C=O) groups is 1. The average molecular weight is 291 g/mol. The van der Waals surface area contributed by atoms with Gasteiger partial charge in [0, 0.05) is 24.3 Å². The van der Waals surface area contributed by atoms with Crippen LogP contribution >= 0.6 is 0 Å². The van der Waals surface area contributed by atoms with Crippen LogP contribution in [0.25, 0.3) is 0 Å². The van der Waals surface area contributed by atoms with Gasteiger partial charge in [0.2, 0.25) is 5.91 Å². The van der Waals surface area contributed by atoms with E-state index in [1.165, 1.54) is 31.4 Å². The van der Waals surface area contributed by atoms with E-state index in [9.17, 15) is 4.79 Å². The molecule has 2 aliphatic carbocycles. The predicted octanol–water partition coefficient (Wildman–Crippen LogP) is 2.10. The zero-order chi connectivity index (χ0) is 14.8. The third-order valence-electron chi connectivity index (χ3n) is 5.17. The van der Waals surface area contributed by atoms with Gasteiger partial charge in [-0.05, 0) is 64.3 Å². The van der Waals surface area contributed by atoms with E-state index < -0.39 is 0 Å². The summed E-state index contributed by atoms with van der Waals surface area (Å²) in [6.45, 7) is 4.67. The molecular weight excluding hydrogens is 262 g/mol. The van der Waals surface area contributed by atoms with E-state index in [1.54, 1.807) is 0 Å². The van der Waals surface area contributed by atoms with Gasteiger partial charge >= 0.3 is 0 Å². The van der Waals surface area contributed by atoms with Gasteiger partial charge in [-0.25, -0.2) is 0 Å².